The van der Waals surface area contributed by atoms with E-state index in [2.05, 4.69) is 22.9 Å². The average Bonchev–Trinajstić information content (AvgIpc) is 3.05. The van der Waals surface area contributed by atoms with Gasteiger partial charge in [-0.3, -0.25) is 9.78 Å². The molecule has 0 spiro atoms. The van der Waals surface area contributed by atoms with E-state index in [-0.39, 0.29) is 17.8 Å². The van der Waals surface area contributed by atoms with E-state index < -0.39 is 0 Å². The highest BCUT2D eigenvalue weighted by atomic mass is 16.5. The van der Waals surface area contributed by atoms with Crippen LogP contribution in [-0.4, -0.2) is 30.6 Å². The molecule has 2 atom stereocenters. The number of hydrogen-bond donors (Lipinski definition) is 0. The van der Waals surface area contributed by atoms with Crippen LogP contribution in [0.3, 0.4) is 0 Å². The summed E-state index contributed by atoms with van der Waals surface area (Å²) in [6, 6.07) is 9.83. The molecule has 2 aromatic rings. The molecule has 2 heterocycles. The van der Waals surface area contributed by atoms with E-state index in [1.807, 2.05) is 31.2 Å². The smallest absolute Gasteiger partial charge is 0.311 e. The highest BCUT2D eigenvalue weighted by Gasteiger charge is 2.38. The number of aromatic nitrogens is 1. The lowest BCUT2D eigenvalue weighted by Crippen LogP contribution is -2.25. The summed E-state index contributed by atoms with van der Waals surface area (Å²) < 4.78 is 5.25. The molecule has 1 aromatic heterocycles. The lowest BCUT2D eigenvalue weighted by Gasteiger charge is -2.20. The molecule has 1 aliphatic heterocycles. The maximum atomic E-state index is 12.3. The zero-order valence-corrected chi connectivity index (χ0v) is 14.0. The summed E-state index contributed by atoms with van der Waals surface area (Å²) in [5, 5.41) is 10.2. The summed E-state index contributed by atoms with van der Waals surface area (Å²) in [6.07, 6.45) is 2.64. The zero-order valence-electron chi connectivity index (χ0n) is 14.0. The number of esters is 1. The molecule has 0 unspecified atom stereocenters. The molecule has 0 aliphatic carbocycles. The Kier molecular flexibility index (Phi) is 4.66. The number of benzene rings is 1. The fourth-order valence-corrected chi connectivity index (χ4v) is 3.52. The van der Waals surface area contributed by atoms with E-state index in [1.165, 1.54) is 0 Å². The maximum Gasteiger partial charge on any atom is 0.311 e. The van der Waals surface area contributed by atoms with Crippen LogP contribution in [0.25, 0.3) is 10.9 Å². The number of ether oxygens (including phenoxy) is 1. The molecule has 0 bridgehead atoms. The molecule has 124 valence electrons. The van der Waals surface area contributed by atoms with Gasteiger partial charge in [-0.2, -0.15) is 5.26 Å². The zero-order chi connectivity index (χ0) is 17.1. The molecule has 0 saturated carbocycles. The lowest BCUT2D eigenvalue weighted by molar-refractivity contribution is -0.148. The first-order chi connectivity index (χ1) is 11.7. The van der Waals surface area contributed by atoms with Gasteiger partial charge in [0, 0.05) is 30.4 Å². The largest absolute Gasteiger partial charge is 0.466 e. The first kappa shape index (κ1) is 16.3. The van der Waals surface area contributed by atoms with Crippen molar-refractivity contribution in [3.8, 4) is 6.07 Å². The number of hydrogen-bond acceptors (Lipinski definition) is 5. The minimum Gasteiger partial charge on any atom is -0.466 e. The van der Waals surface area contributed by atoms with E-state index in [0.717, 1.165) is 24.0 Å². The Morgan fingerprint density at radius 1 is 1.38 bits per heavy atom. The fourth-order valence-electron chi connectivity index (χ4n) is 3.52. The molecule has 0 amide bonds. The number of fused-ring (bicyclic) bond motifs is 1. The van der Waals surface area contributed by atoms with Crippen LogP contribution < -0.4 is 4.90 Å². The number of carbonyl (C=O) groups excluding carboxylic acids is 1. The molecule has 1 aromatic carbocycles. The van der Waals surface area contributed by atoms with Crippen LogP contribution in [0.4, 0.5) is 5.69 Å². The highest BCUT2D eigenvalue weighted by molar-refractivity contribution is 5.95. The van der Waals surface area contributed by atoms with Crippen LogP contribution in [0.5, 0.6) is 0 Å². The van der Waals surface area contributed by atoms with Gasteiger partial charge in [-0.15, -0.1) is 0 Å². The van der Waals surface area contributed by atoms with Gasteiger partial charge >= 0.3 is 5.97 Å². The Balaban J connectivity index is 1.97. The van der Waals surface area contributed by atoms with Crippen LogP contribution in [-0.2, 0) is 9.53 Å². The predicted octanol–water partition coefficient (Wildman–Crippen LogP) is 3.13. The molecule has 1 aliphatic rings. The number of pyridine rings is 1. The Bertz CT molecular complexity index is 797. The fraction of sp³-hybridized carbons (Fsp3) is 0.421. The van der Waals surface area contributed by atoms with Gasteiger partial charge in [0.05, 0.1) is 23.6 Å². The summed E-state index contributed by atoms with van der Waals surface area (Å²) in [4.78, 5) is 18.8. The van der Waals surface area contributed by atoms with Crippen LogP contribution in [0.15, 0.2) is 30.5 Å². The first-order valence-electron chi connectivity index (χ1n) is 8.39. The number of nitrogens with zero attached hydrogens (tertiary/aromatic N) is 3. The van der Waals surface area contributed by atoms with Gasteiger partial charge < -0.3 is 9.64 Å². The number of rotatable bonds is 4. The second-order valence-electron chi connectivity index (χ2n) is 6.08. The van der Waals surface area contributed by atoms with Gasteiger partial charge in [-0.25, -0.2) is 0 Å². The first-order valence-corrected chi connectivity index (χ1v) is 8.39. The maximum absolute atomic E-state index is 12.3. The van der Waals surface area contributed by atoms with Crippen molar-refractivity contribution in [3.05, 3.63) is 36.0 Å². The van der Waals surface area contributed by atoms with Crippen LogP contribution >= 0.6 is 0 Å². The molecule has 1 saturated heterocycles. The van der Waals surface area contributed by atoms with E-state index in [0.29, 0.717) is 24.2 Å². The molecular weight excluding hydrogens is 302 g/mol. The summed E-state index contributed by atoms with van der Waals surface area (Å²) in [5.74, 6) is 0.0756. The van der Waals surface area contributed by atoms with E-state index in [9.17, 15) is 10.1 Å². The lowest BCUT2D eigenvalue weighted by atomic mass is 9.94. The van der Waals surface area contributed by atoms with Crippen LogP contribution in [0, 0.1) is 23.2 Å². The Labute approximate surface area is 141 Å². The van der Waals surface area contributed by atoms with Crippen molar-refractivity contribution in [1.29, 1.82) is 5.26 Å². The minimum absolute atomic E-state index is 0.0997. The van der Waals surface area contributed by atoms with E-state index in [4.69, 9.17) is 4.74 Å². The number of carbonyl (C=O) groups is 1. The topological polar surface area (TPSA) is 66.2 Å². The molecule has 0 N–H and O–H groups in total. The van der Waals surface area contributed by atoms with E-state index >= 15 is 0 Å². The average molecular weight is 323 g/mol. The second-order valence-corrected chi connectivity index (χ2v) is 6.08. The third-order valence-corrected chi connectivity index (χ3v) is 4.76. The van der Waals surface area contributed by atoms with Gasteiger partial charge in [0.15, 0.2) is 0 Å². The molecule has 3 rings (SSSR count). The summed E-state index contributed by atoms with van der Waals surface area (Å²) in [7, 11) is 0. The SMILES string of the molecule is CCOC(=O)[C@@H]1CN(c2ccc(C#N)c3ncccc23)C[C@H]1CC. The van der Waals surface area contributed by atoms with Crippen molar-refractivity contribution in [1.82, 2.24) is 4.98 Å². The normalized spacial score (nSPS) is 20.1. The molecule has 24 heavy (non-hydrogen) atoms. The summed E-state index contributed by atoms with van der Waals surface area (Å²) in [6.45, 7) is 5.82. The van der Waals surface area contributed by atoms with Crippen LogP contribution in [0.1, 0.15) is 25.8 Å². The van der Waals surface area contributed by atoms with Gasteiger partial charge in [0.1, 0.15) is 6.07 Å². The molecule has 1 fully saturated rings. The van der Waals surface area contributed by atoms with Gasteiger partial charge in [0.2, 0.25) is 0 Å². The molecule has 0 radical (unpaired) electrons. The van der Waals surface area contributed by atoms with E-state index in [1.54, 1.807) is 6.20 Å². The second kappa shape index (κ2) is 6.88. The Morgan fingerprint density at radius 3 is 2.92 bits per heavy atom. The van der Waals surface area contributed by atoms with Gasteiger partial charge in [0.25, 0.3) is 0 Å². The monoisotopic (exact) mass is 323 g/mol. The molecule has 5 heteroatoms. The number of nitriles is 1. The summed E-state index contributed by atoms with van der Waals surface area (Å²) >= 11 is 0. The predicted molar refractivity (Wildman–Crippen MR) is 92.6 cm³/mol. The molecule has 5 nitrogen and oxygen atoms in total. The van der Waals surface area contributed by atoms with Crippen molar-refractivity contribution < 1.29 is 9.53 Å². The number of anilines is 1. The van der Waals surface area contributed by atoms with Crippen LogP contribution in [0.2, 0.25) is 0 Å². The molecular formula is C19H21N3O2. The van der Waals surface area contributed by atoms with Gasteiger partial charge in [-0.05, 0) is 37.1 Å². The van der Waals surface area contributed by atoms with Crippen molar-refractivity contribution >= 4 is 22.6 Å². The van der Waals surface area contributed by atoms with Crippen molar-refractivity contribution in [3.63, 3.8) is 0 Å². The van der Waals surface area contributed by atoms with Gasteiger partial charge in [-0.1, -0.05) is 13.3 Å². The summed E-state index contributed by atoms with van der Waals surface area (Å²) in [5.41, 5.74) is 2.31. The third kappa shape index (κ3) is 2.80. The van der Waals surface area contributed by atoms with Crippen molar-refractivity contribution in [2.75, 3.05) is 24.6 Å². The van der Waals surface area contributed by atoms with Crippen molar-refractivity contribution in [2.24, 2.45) is 11.8 Å². The third-order valence-electron chi connectivity index (χ3n) is 4.76. The Hall–Kier alpha value is -2.61. The quantitative estimate of drug-likeness (QED) is 0.809. The highest BCUT2D eigenvalue weighted by Crippen LogP contribution is 2.35. The Morgan fingerprint density at radius 2 is 2.21 bits per heavy atom. The minimum atomic E-state index is -0.108. The van der Waals surface area contributed by atoms with Crippen molar-refractivity contribution in [2.45, 2.75) is 20.3 Å². The standard InChI is InChI=1S/C19H21N3O2/c1-3-13-11-22(12-16(13)19(23)24-4-2)17-8-7-14(10-20)18-15(17)6-5-9-21-18/h5-9,13,16H,3-4,11-12H2,1-2H3/t13-,16-/m1/s1.